The third-order valence-electron chi connectivity index (χ3n) is 4.71. The van der Waals surface area contributed by atoms with E-state index in [0.717, 1.165) is 70.4 Å². The van der Waals surface area contributed by atoms with Crippen LogP contribution in [0.5, 0.6) is 0 Å². The van der Waals surface area contributed by atoms with Crippen molar-refractivity contribution >= 4 is 35.8 Å². The van der Waals surface area contributed by atoms with Gasteiger partial charge in [0.2, 0.25) is 0 Å². The number of ether oxygens (including phenoxy) is 1. The molecule has 2 fully saturated rings. The second-order valence-corrected chi connectivity index (χ2v) is 6.22. The zero-order valence-corrected chi connectivity index (χ0v) is 17.3. The van der Waals surface area contributed by atoms with Gasteiger partial charge in [-0.05, 0) is 18.2 Å². The number of aliphatic imine (C=N–C) groups is 1. The third-order valence-corrected chi connectivity index (χ3v) is 4.71. The molecule has 2 aliphatic rings. The Morgan fingerprint density at radius 2 is 1.88 bits per heavy atom. The van der Waals surface area contributed by atoms with Crippen molar-refractivity contribution in [3.8, 4) is 0 Å². The third kappa shape index (κ3) is 5.68. The van der Waals surface area contributed by atoms with Crippen LogP contribution in [0.15, 0.2) is 23.3 Å². The maximum Gasteiger partial charge on any atom is 0.191 e. The van der Waals surface area contributed by atoms with E-state index in [1.54, 1.807) is 0 Å². The van der Waals surface area contributed by atoms with Gasteiger partial charge in [0, 0.05) is 45.5 Å². The van der Waals surface area contributed by atoms with Gasteiger partial charge in [0.25, 0.3) is 0 Å². The van der Waals surface area contributed by atoms with Crippen LogP contribution in [0.25, 0.3) is 0 Å². The van der Waals surface area contributed by atoms with Gasteiger partial charge in [0.15, 0.2) is 5.96 Å². The lowest BCUT2D eigenvalue weighted by atomic mass is 10.2. The standard InChI is InChI=1S/C17H28N6O.HI/c1-2-21-5-7-22(8-6-21)16-4-3-15(13-19-16)14-20-17(18)23-9-11-24-12-10-23;/h3-4,13H,2,5-12,14H2,1H3,(H2,18,20);1H. The number of piperazine rings is 1. The second kappa shape index (κ2) is 10.1. The zero-order valence-electron chi connectivity index (χ0n) is 14.9. The Kier molecular flexibility index (Phi) is 8.17. The average Bonchev–Trinajstić information content (AvgIpc) is 2.67. The van der Waals surface area contributed by atoms with Crippen LogP contribution in [0.4, 0.5) is 5.82 Å². The Labute approximate surface area is 167 Å². The minimum absolute atomic E-state index is 0. The van der Waals surface area contributed by atoms with Crippen molar-refractivity contribution in [2.75, 3.05) is 63.9 Å². The van der Waals surface area contributed by atoms with Gasteiger partial charge in [-0.15, -0.1) is 24.0 Å². The Morgan fingerprint density at radius 3 is 2.48 bits per heavy atom. The molecule has 7 nitrogen and oxygen atoms in total. The number of hydrogen-bond acceptors (Lipinski definition) is 5. The number of likely N-dealkylation sites (N-methyl/N-ethyl adjacent to an activating group) is 1. The molecule has 0 saturated carbocycles. The Hall–Kier alpha value is -1.13. The summed E-state index contributed by atoms with van der Waals surface area (Å²) >= 11 is 0. The van der Waals surface area contributed by atoms with Crippen LogP contribution < -0.4 is 10.6 Å². The first-order valence-corrected chi connectivity index (χ1v) is 8.81. The molecule has 2 aliphatic heterocycles. The van der Waals surface area contributed by atoms with Crippen molar-refractivity contribution < 1.29 is 4.74 Å². The minimum Gasteiger partial charge on any atom is -0.378 e. The summed E-state index contributed by atoms with van der Waals surface area (Å²) in [4.78, 5) is 16.0. The monoisotopic (exact) mass is 460 g/mol. The number of rotatable bonds is 4. The Balaban J connectivity index is 0.00000225. The Morgan fingerprint density at radius 1 is 1.16 bits per heavy atom. The van der Waals surface area contributed by atoms with Crippen molar-refractivity contribution in [2.45, 2.75) is 13.5 Å². The van der Waals surface area contributed by atoms with Crippen LogP contribution in [0, 0.1) is 0 Å². The van der Waals surface area contributed by atoms with E-state index in [2.05, 4.69) is 43.7 Å². The fourth-order valence-electron chi connectivity index (χ4n) is 3.06. The van der Waals surface area contributed by atoms with Gasteiger partial charge in [-0.2, -0.15) is 0 Å². The van der Waals surface area contributed by atoms with Gasteiger partial charge >= 0.3 is 0 Å². The van der Waals surface area contributed by atoms with E-state index in [0.29, 0.717) is 12.5 Å². The molecular weight excluding hydrogens is 431 g/mol. The maximum atomic E-state index is 6.06. The van der Waals surface area contributed by atoms with Crippen LogP contribution in [0.1, 0.15) is 12.5 Å². The lowest BCUT2D eigenvalue weighted by molar-refractivity contribution is 0.0674. The molecule has 0 bridgehead atoms. The highest BCUT2D eigenvalue weighted by Crippen LogP contribution is 2.14. The highest BCUT2D eigenvalue weighted by molar-refractivity contribution is 14.0. The fraction of sp³-hybridized carbons (Fsp3) is 0.647. The van der Waals surface area contributed by atoms with E-state index in [1.807, 2.05) is 6.20 Å². The van der Waals surface area contributed by atoms with Crippen molar-refractivity contribution in [1.82, 2.24) is 14.8 Å². The van der Waals surface area contributed by atoms with E-state index < -0.39 is 0 Å². The minimum atomic E-state index is 0. The highest BCUT2D eigenvalue weighted by Gasteiger charge is 2.16. The van der Waals surface area contributed by atoms with Crippen molar-refractivity contribution in [3.05, 3.63) is 23.9 Å². The van der Waals surface area contributed by atoms with Crippen LogP contribution in [0.3, 0.4) is 0 Å². The molecule has 1 aromatic heterocycles. The molecule has 25 heavy (non-hydrogen) atoms. The first-order valence-electron chi connectivity index (χ1n) is 8.81. The van der Waals surface area contributed by atoms with Crippen LogP contribution in [0.2, 0.25) is 0 Å². The van der Waals surface area contributed by atoms with Gasteiger partial charge in [-0.1, -0.05) is 13.0 Å². The van der Waals surface area contributed by atoms with Gasteiger partial charge in [0.05, 0.1) is 19.8 Å². The molecule has 0 aliphatic carbocycles. The number of aromatic nitrogens is 1. The molecule has 8 heteroatoms. The fourth-order valence-corrected chi connectivity index (χ4v) is 3.06. The summed E-state index contributed by atoms with van der Waals surface area (Å²) in [6.45, 7) is 11.3. The summed E-state index contributed by atoms with van der Waals surface area (Å²) < 4.78 is 5.33. The number of hydrogen-bond donors (Lipinski definition) is 1. The molecule has 0 spiro atoms. The molecule has 3 heterocycles. The van der Waals surface area contributed by atoms with Crippen molar-refractivity contribution in [1.29, 1.82) is 0 Å². The number of morpholine rings is 1. The van der Waals surface area contributed by atoms with Crippen molar-refractivity contribution in [2.24, 2.45) is 10.7 Å². The SMILES string of the molecule is CCN1CCN(c2ccc(CN=C(N)N3CCOCC3)cn2)CC1.I. The first kappa shape index (κ1) is 20.2. The van der Waals surface area contributed by atoms with E-state index in [1.165, 1.54) is 0 Å². The molecule has 0 radical (unpaired) electrons. The largest absolute Gasteiger partial charge is 0.378 e. The van der Waals surface area contributed by atoms with E-state index in [4.69, 9.17) is 10.5 Å². The van der Waals surface area contributed by atoms with Crippen LogP contribution >= 0.6 is 24.0 Å². The molecule has 0 aromatic carbocycles. The van der Waals surface area contributed by atoms with Crippen LogP contribution in [-0.2, 0) is 11.3 Å². The number of anilines is 1. The molecule has 2 saturated heterocycles. The number of guanidine groups is 1. The number of halogens is 1. The van der Waals surface area contributed by atoms with Crippen molar-refractivity contribution in [3.63, 3.8) is 0 Å². The summed E-state index contributed by atoms with van der Waals surface area (Å²) in [6, 6.07) is 4.20. The molecule has 0 atom stereocenters. The normalized spacial score (nSPS) is 19.6. The summed E-state index contributed by atoms with van der Waals surface area (Å²) in [7, 11) is 0. The van der Waals surface area contributed by atoms with E-state index in [9.17, 15) is 0 Å². The number of pyridine rings is 1. The predicted molar refractivity (Wildman–Crippen MR) is 112 cm³/mol. The smallest absolute Gasteiger partial charge is 0.191 e. The second-order valence-electron chi connectivity index (χ2n) is 6.22. The average molecular weight is 460 g/mol. The van der Waals surface area contributed by atoms with Gasteiger partial charge < -0.3 is 25.2 Å². The summed E-state index contributed by atoms with van der Waals surface area (Å²) in [5, 5.41) is 0. The molecule has 140 valence electrons. The van der Waals surface area contributed by atoms with Crippen LogP contribution in [-0.4, -0.2) is 79.8 Å². The molecule has 0 unspecified atom stereocenters. The van der Waals surface area contributed by atoms with E-state index in [-0.39, 0.29) is 24.0 Å². The maximum absolute atomic E-state index is 6.06. The zero-order chi connectivity index (χ0) is 16.8. The first-order chi connectivity index (χ1) is 11.8. The summed E-state index contributed by atoms with van der Waals surface area (Å²) in [6.07, 6.45) is 1.91. The number of nitrogens with two attached hydrogens (primary N) is 1. The molecule has 2 N–H and O–H groups in total. The lowest BCUT2D eigenvalue weighted by Gasteiger charge is -2.34. The number of nitrogens with zero attached hydrogens (tertiary/aromatic N) is 5. The molecule has 3 rings (SSSR count). The Bertz CT molecular complexity index is 539. The van der Waals surface area contributed by atoms with Gasteiger partial charge in [-0.3, -0.25) is 0 Å². The van der Waals surface area contributed by atoms with Gasteiger partial charge in [0.1, 0.15) is 5.82 Å². The van der Waals surface area contributed by atoms with Gasteiger partial charge in [-0.25, -0.2) is 9.98 Å². The molecular formula is C17H29IN6O. The lowest BCUT2D eigenvalue weighted by Crippen LogP contribution is -2.46. The van der Waals surface area contributed by atoms with E-state index >= 15 is 0 Å². The molecule has 0 amide bonds. The quantitative estimate of drug-likeness (QED) is 0.411. The summed E-state index contributed by atoms with van der Waals surface area (Å²) in [5.41, 5.74) is 7.14. The summed E-state index contributed by atoms with van der Waals surface area (Å²) in [5.74, 6) is 1.65. The molecule has 1 aromatic rings. The predicted octanol–water partition coefficient (Wildman–Crippen LogP) is 0.988. The topological polar surface area (TPSA) is 70.2 Å². The highest BCUT2D eigenvalue weighted by atomic mass is 127.